The number of Topliss-reactive ketones (excluding diaryl/α,β-unsaturated/α-hetero) is 1. The molecule has 2 rings (SSSR count). The maximum absolute atomic E-state index is 12.8. The summed E-state index contributed by atoms with van der Waals surface area (Å²) in [6.07, 6.45) is 7.59. The number of benzene rings is 1. The number of likely N-dealkylation sites (tertiary alicyclic amines) is 1. The van der Waals surface area contributed by atoms with Crippen LogP contribution in [0, 0.1) is 0 Å². The van der Waals surface area contributed by atoms with Crippen LogP contribution in [-0.2, 0) is 14.4 Å². The number of carbonyl (C=O) groups excluding carboxylic acids is 3. The van der Waals surface area contributed by atoms with Crippen molar-refractivity contribution in [2.75, 3.05) is 25.0 Å². The Morgan fingerprint density at radius 1 is 1.00 bits per heavy atom. The molecule has 1 atom stereocenters. The van der Waals surface area contributed by atoms with Gasteiger partial charge < -0.3 is 20.3 Å². The lowest BCUT2D eigenvalue weighted by Gasteiger charge is -2.26. The molecule has 0 bridgehead atoms. The monoisotopic (exact) mass is 435 g/mol. The SMILES string of the molecule is CC(=O)CCCCC[C@H](NC(=O)CCN1CCCCC1)C(=O)Nc1ccc(Cl)cc1. The van der Waals surface area contributed by atoms with Crippen molar-refractivity contribution in [1.29, 1.82) is 0 Å². The first kappa shape index (κ1) is 24.4. The van der Waals surface area contributed by atoms with Gasteiger partial charge in [0.1, 0.15) is 11.8 Å². The Morgan fingerprint density at radius 2 is 1.70 bits per heavy atom. The van der Waals surface area contributed by atoms with Crippen molar-refractivity contribution >= 4 is 34.9 Å². The number of rotatable bonds is 12. The van der Waals surface area contributed by atoms with Gasteiger partial charge in [-0.15, -0.1) is 0 Å². The van der Waals surface area contributed by atoms with Crippen LogP contribution in [0.5, 0.6) is 0 Å². The molecule has 2 amide bonds. The predicted octanol–water partition coefficient (Wildman–Crippen LogP) is 4.18. The number of amides is 2. The smallest absolute Gasteiger partial charge is 0.246 e. The number of hydrogen-bond donors (Lipinski definition) is 2. The summed E-state index contributed by atoms with van der Waals surface area (Å²) in [6, 6.07) is 6.31. The molecule has 1 fully saturated rings. The summed E-state index contributed by atoms with van der Waals surface area (Å²) in [5, 5.41) is 6.38. The zero-order valence-electron chi connectivity index (χ0n) is 17.9. The van der Waals surface area contributed by atoms with Gasteiger partial charge in [-0.2, -0.15) is 0 Å². The highest BCUT2D eigenvalue weighted by Crippen LogP contribution is 2.15. The largest absolute Gasteiger partial charge is 0.344 e. The van der Waals surface area contributed by atoms with Gasteiger partial charge in [0, 0.05) is 30.1 Å². The fourth-order valence-corrected chi connectivity index (χ4v) is 3.77. The number of ketones is 1. The van der Waals surface area contributed by atoms with Gasteiger partial charge in [0.05, 0.1) is 0 Å². The van der Waals surface area contributed by atoms with Crippen molar-refractivity contribution in [3.05, 3.63) is 29.3 Å². The third-order valence-electron chi connectivity index (χ3n) is 5.39. The van der Waals surface area contributed by atoms with Crippen molar-refractivity contribution in [3.8, 4) is 0 Å². The molecule has 7 heteroatoms. The van der Waals surface area contributed by atoms with Crippen molar-refractivity contribution in [3.63, 3.8) is 0 Å². The molecule has 1 aliphatic heterocycles. The fourth-order valence-electron chi connectivity index (χ4n) is 3.64. The highest BCUT2D eigenvalue weighted by atomic mass is 35.5. The van der Waals surface area contributed by atoms with Crippen molar-refractivity contribution < 1.29 is 14.4 Å². The number of piperidine rings is 1. The van der Waals surface area contributed by atoms with Crippen molar-refractivity contribution in [2.45, 2.75) is 70.8 Å². The highest BCUT2D eigenvalue weighted by molar-refractivity contribution is 6.30. The molecule has 1 saturated heterocycles. The van der Waals surface area contributed by atoms with Gasteiger partial charge in [-0.3, -0.25) is 9.59 Å². The minimum Gasteiger partial charge on any atom is -0.344 e. The number of unbranched alkanes of at least 4 members (excludes halogenated alkanes) is 2. The van der Waals surface area contributed by atoms with Gasteiger partial charge >= 0.3 is 0 Å². The molecule has 166 valence electrons. The molecule has 0 aliphatic carbocycles. The van der Waals surface area contributed by atoms with Crippen LogP contribution in [0.15, 0.2) is 24.3 Å². The topological polar surface area (TPSA) is 78.5 Å². The number of hydrogen-bond acceptors (Lipinski definition) is 4. The first-order chi connectivity index (χ1) is 14.4. The second-order valence-corrected chi connectivity index (χ2v) is 8.51. The first-order valence-electron chi connectivity index (χ1n) is 11.0. The number of nitrogens with zero attached hydrogens (tertiary/aromatic N) is 1. The van der Waals surface area contributed by atoms with E-state index in [1.165, 1.54) is 19.3 Å². The maximum Gasteiger partial charge on any atom is 0.246 e. The molecule has 6 nitrogen and oxygen atoms in total. The third kappa shape index (κ3) is 9.72. The number of anilines is 1. The van der Waals surface area contributed by atoms with Crippen molar-refractivity contribution in [1.82, 2.24) is 10.2 Å². The molecular weight excluding hydrogens is 402 g/mol. The molecule has 1 aromatic rings. The van der Waals surface area contributed by atoms with Crippen LogP contribution in [0.3, 0.4) is 0 Å². The first-order valence-corrected chi connectivity index (χ1v) is 11.4. The summed E-state index contributed by atoms with van der Waals surface area (Å²) in [6.45, 7) is 4.41. The molecule has 0 radical (unpaired) electrons. The van der Waals surface area contributed by atoms with Gasteiger partial charge in [0.2, 0.25) is 11.8 Å². The van der Waals surface area contributed by atoms with Crippen LogP contribution in [-0.4, -0.2) is 48.2 Å². The van der Waals surface area contributed by atoms with E-state index in [0.717, 1.165) is 38.9 Å². The van der Waals surface area contributed by atoms with E-state index in [9.17, 15) is 14.4 Å². The molecule has 1 aromatic carbocycles. The summed E-state index contributed by atoms with van der Waals surface area (Å²) < 4.78 is 0. The molecule has 0 saturated carbocycles. The quantitative estimate of drug-likeness (QED) is 0.483. The average Bonchev–Trinajstić information content (AvgIpc) is 2.73. The second-order valence-electron chi connectivity index (χ2n) is 8.07. The lowest BCUT2D eigenvalue weighted by molar-refractivity contribution is -0.126. The molecule has 2 N–H and O–H groups in total. The average molecular weight is 436 g/mol. The van der Waals surface area contributed by atoms with Gasteiger partial charge in [-0.25, -0.2) is 0 Å². The second kappa shape index (κ2) is 13.4. The van der Waals surface area contributed by atoms with Crippen LogP contribution >= 0.6 is 11.6 Å². The van der Waals surface area contributed by atoms with Crippen LogP contribution in [0.25, 0.3) is 0 Å². The summed E-state index contributed by atoms with van der Waals surface area (Å²) in [7, 11) is 0. The van der Waals surface area contributed by atoms with E-state index < -0.39 is 6.04 Å². The summed E-state index contributed by atoms with van der Waals surface area (Å²) in [5.74, 6) is -0.145. The Kier molecular flexibility index (Phi) is 10.9. The molecular formula is C23H34ClN3O3. The van der Waals surface area contributed by atoms with E-state index in [-0.39, 0.29) is 17.6 Å². The Hall–Kier alpha value is -1.92. The Bertz CT molecular complexity index is 687. The number of carbonyl (C=O) groups is 3. The van der Waals surface area contributed by atoms with E-state index in [1.807, 2.05) is 0 Å². The minimum absolute atomic E-state index is 0.0967. The highest BCUT2D eigenvalue weighted by Gasteiger charge is 2.21. The maximum atomic E-state index is 12.8. The van der Waals surface area contributed by atoms with E-state index in [4.69, 9.17) is 11.6 Å². The normalized spacial score (nSPS) is 15.4. The van der Waals surface area contributed by atoms with E-state index in [2.05, 4.69) is 15.5 Å². The Balaban J connectivity index is 1.86. The van der Waals surface area contributed by atoms with Crippen LogP contribution in [0.4, 0.5) is 5.69 Å². The zero-order chi connectivity index (χ0) is 21.8. The van der Waals surface area contributed by atoms with Gasteiger partial charge in [-0.1, -0.05) is 30.9 Å². The molecule has 30 heavy (non-hydrogen) atoms. The number of nitrogens with one attached hydrogen (secondary N) is 2. The molecule has 1 aliphatic rings. The third-order valence-corrected chi connectivity index (χ3v) is 5.64. The van der Waals surface area contributed by atoms with Gasteiger partial charge in [0.15, 0.2) is 0 Å². The molecule has 0 aromatic heterocycles. The molecule has 0 unspecified atom stereocenters. The summed E-state index contributed by atoms with van der Waals surface area (Å²) in [4.78, 5) is 38.7. The Morgan fingerprint density at radius 3 is 2.37 bits per heavy atom. The summed E-state index contributed by atoms with van der Waals surface area (Å²) >= 11 is 5.90. The Labute approximate surface area is 184 Å². The predicted molar refractivity (Wildman–Crippen MR) is 121 cm³/mol. The van der Waals surface area contributed by atoms with Gasteiger partial charge in [0.25, 0.3) is 0 Å². The van der Waals surface area contributed by atoms with Crippen LogP contribution in [0.1, 0.15) is 64.7 Å². The molecule has 0 spiro atoms. The minimum atomic E-state index is -0.591. The summed E-state index contributed by atoms with van der Waals surface area (Å²) in [5.41, 5.74) is 0.647. The standard InChI is InChI=1S/C23H34ClN3O3/c1-18(28)8-4-2-5-9-21(23(30)25-20-12-10-19(24)11-13-20)26-22(29)14-17-27-15-6-3-7-16-27/h10-13,21H,2-9,14-17H2,1H3,(H,25,30)(H,26,29)/t21-/m0/s1. The van der Waals surface area contributed by atoms with Gasteiger partial charge in [-0.05, 0) is 70.0 Å². The molecule has 1 heterocycles. The van der Waals surface area contributed by atoms with Crippen molar-refractivity contribution in [2.24, 2.45) is 0 Å². The fraction of sp³-hybridized carbons (Fsp3) is 0.609. The van der Waals surface area contributed by atoms with E-state index in [1.54, 1.807) is 31.2 Å². The lowest BCUT2D eigenvalue weighted by Crippen LogP contribution is -2.45. The number of halogens is 1. The van der Waals surface area contributed by atoms with E-state index >= 15 is 0 Å². The van der Waals surface area contributed by atoms with E-state index in [0.29, 0.717) is 30.0 Å². The lowest BCUT2D eigenvalue weighted by atomic mass is 10.0. The van der Waals surface area contributed by atoms with Crippen LogP contribution < -0.4 is 10.6 Å². The van der Waals surface area contributed by atoms with Crippen LogP contribution in [0.2, 0.25) is 5.02 Å². The zero-order valence-corrected chi connectivity index (χ0v) is 18.7.